The first kappa shape index (κ1) is 26.6. The fraction of sp³-hybridized carbons (Fsp3) is 0.267. The van der Waals surface area contributed by atoms with Crippen LogP contribution in [0.15, 0.2) is 79.4 Å². The molecular weight excluding hydrogens is 512 g/mol. The standard InChI is InChI=1S/C30H31ClN6O2/c1-21-17-37(20-33-21)27-13-22(18-36-11-5-8-25(19-36)34-29(38)16-31)12-26(15-27)35-30(39)28-14-24(9-10-32-28)23-6-3-2-4-7-23/h2-4,6-7,9-10,12-15,17,20,25H,5,8,11,16,18-19H2,1H3,(H,34,38)(H,35,39)/t25-/m0/s1. The summed E-state index contributed by atoms with van der Waals surface area (Å²) in [5, 5.41) is 6.06. The molecule has 2 aromatic heterocycles. The molecule has 4 aromatic rings. The van der Waals surface area contributed by atoms with Crippen molar-refractivity contribution in [1.82, 2.24) is 24.8 Å². The number of benzene rings is 2. The highest BCUT2D eigenvalue weighted by molar-refractivity contribution is 6.27. The molecule has 1 fully saturated rings. The number of nitrogens with zero attached hydrogens (tertiary/aromatic N) is 4. The Labute approximate surface area is 233 Å². The molecule has 9 heteroatoms. The van der Waals surface area contributed by atoms with E-state index in [9.17, 15) is 9.59 Å². The number of anilines is 1. The van der Waals surface area contributed by atoms with Crippen LogP contribution in [0, 0.1) is 6.92 Å². The average molecular weight is 543 g/mol. The van der Waals surface area contributed by atoms with Gasteiger partial charge in [0.15, 0.2) is 0 Å². The fourth-order valence-electron chi connectivity index (χ4n) is 4.95. The summed E-state index contributed by atoms with van der Waals surface area (Å²) in [5.74, 6) is -0.454. The summed E-state index contributed by atoms with van der Waals surface area (Å²) >= 11 is 5.69. The highest BCUT2D eigenvalue weighted by atomic mass is 35.5. The second-order valence-corrected chi connectivity index (χ2v) is 10.1. The molecule has 3 heterocycles. The van der Waals surface area contributed by atoms with E-state index in [1.807, 2.05) is 66.2 Å². The van der Waals surface area contributed by atoms with Gasteiger partial charge in [0.05, 0.1) is 12.0 Å². The van der Waals surface area contributed by atoms with Crippen LogP contribution in [0.4, 0.5) is 5.69 Å². The van der Waals surface area contributed by atoms with Crippen LogP contribution in [0.25, 0.3) is 16.8 Å². The zero-order valence-corrected chi connectivity index (χ0v) is 22.6. The summed E-state index contributed by atoms with van der Waals surface area (Å²) < 4.78 is 1.95. The van der Waals surface area contributed by atoms with Crippen LogP contribution in [-0.2, 0) is 11.3 Å². The Morgan fingerprint density at radius 3 is 2.67 bits per heavy atom. The normalized spacial score (nSPS) is 15.6. The fourth-order valence-corrected chi connectivity index (χ4v) is 5.03. The minimum absolute atomic E-state index is 0.0327. The third-order valence-electron chi connectivity index (χ3n) is 6.74. The molecule has 1 aliphatic heterocycles. The van der Waals surface area contributed by atoms with Gasteiger partial charge in [-0.15, -0.1) is 11.6 Å². The molecule has 0 saturated carbocycles. The number of aryl methyl sites for hydroxylation is 1. The molecule has 1 saturated heterocycles. The Bertz CT molecular complexity index is 1450. The SMILES string of the molecule is Cc1cn(-c2cc(CN3CCC[C@H](NC(=O)CCl)C3)cc(NC(=O)c3cc(-c4ccccc4)ccn3)c2)cn1. The lowest BCUT2D eigenvalue weighted by atomic mass is 10.0. The van der Waals surface area contributed by atoms with Gasteiger partial charge in [-0.25, -0.2) is 4.98 Å². The molecule has 2 amide bonds. The quantitative estimate of drug-likeness (QED) is 0.312. The topological polar surface area (TPSA) is 92.2 Å². The monoisotopic (exact) mass is 542 g/mol. The van der Waals surface area contributed by atoms with Gasteiger partial charge in [-0.3, -0.25) is 19.5 Å². The Balaban J connectivity index is 1.38. The minimum Gasteiger partial charge on any atom is -0.351 e. The maximum atomic E-state index is 13.3. The number of nitrogens with one attached hydrogen (secondary N) is 2. The molecule has 2 N–H and O–H groups in total. The summed E-state index contributed by atoms with van der Waals surface area (Å²) in [5.41, 5.74) is 5.82. The number of amides is 2. The number of alkyl halides is 1. The smallest absolute Gasteiger partial charge is 0.274 e. The van der Waals surface area contributed by atoms with E-state index in [0.717, 1.165) is 54.0 Å². The van der Waals surface area contributed by atoms with Gasteiger partial charge in [-0.05, 0) is 73.3 Å². The molecular formula is C30H31ClN6O2. The van der Waals surface area contributed by atoms with Gasteiger partial charge >= 0.3 is 0 Å². The molecule has 2 aromatic carbocycles. The molecule has 0 radical (unpaired) electrons. The molecule has 0 spiro atoms. The van der Waals surface area contributed by atoms with Gasteiger partial charge < -0.3 is 15.2 Å². The zero-order valence-electron chi connectivity index (χ0n) is 21.8. The van der Waals surface area contributed by atoms with Crippen molar-refractivity contribution in [1.29, 1.82) is 0 Å². The lowest BCUT2D eigenvalue weighted by Crippen LogP contribution is -2.47. The number of hydrogen-bond acceptors (Lipinski definition) is 5. The van der Waals surface area contributed by atoms with Crippen LogP contribution >= 0.6 is 11.6 Å². The summed E-state index contributed by atoms with van der Waals surface area (Å²) in [6, 6.07) is 19.7. The molecule has 5 rings (SSSR count). The largest absolute Gasteiger partial charge is 0.351 e. The van der Waals surface area contributed by atoms with E-state index in [2.05, 4.69) is 31.6 Å². The first-order valence-corrected chi connectivity index (χ1v) is 13.6. The van der Waals surface area contributed by atoms with Crippen LogP contribution in [0.1, 0.15) is 34.6 Å². The van der Waals surface area contributed by atoms with Crippen LogP contribution < -0.4 is 10.6 Å². The first-order valence-electron chi connectivity index (χ1n) is 13.0. The van der Waals surface area contributed by atoms with E-state index in [4.69, 9.17) is 11.6 Å². The summed E-state index contributed by atoms with van der Waals surface area (Å²) in [6.45, 7) is 4.30. The molecule has 0 aliphatic carbocycles. The maximum absolute atomic E-state index is 13.3. The highest BCUT2D eigenvalue weighted by Crippen LogP contribution is 2.24. The van der Waals surface area contributed by atoms with Crippen LogP contribution in [0.5, 0.6) is 0 Å². The number of halogens is 1. The van der Waals surface area contributed by atoms with Gasteiger partial charge in [-0.2, -0.15) is 0 Å². The van der Waals surface area contributed by atoms with E-state index >= 15 is 0 Å². The number of likely N-dealkylation sites (tertiary alicyclic amines) is 1. The van der Waals surface area contributed by atoms with Crippen molar-refractivity contribution < 1.29 is 9.59 Å². The number of piperidine rings is 1. The summed E-state index contributed by atoms with van der Waals surface area (Å²) in [4.78, 5) is 36.1. The Hall–Kier alpha value is -4.01. The first-order chi connectivity index (χ1) is 19.0. The van der Waals surface area contributed by atoms with Crippen molar-refractivity contribution >= 4 is 29.1 Å². The van der Waals surface area contributed by atoms with E-state index < -0.39 is 0 Å². The average Bonchev–Trinajstić information content (AvgIpc) is 3.40. The summed E-state index contributed by atoms with van der Waals surface area (Å²) in [7, 11) is 0. The van der Waals surface area contributed by atoms with E-state index in [1.165, 1.54) is 0 Å². The lowest BCUT2D eigenvalue weighted by molar-refractivity contribution is -0.119. The van der Waals surface area contributed by atoms with Gasteiger partial charge in [0, 0.05) is 42.9 Å². The predicted octanol–water partition coefficient (Wildman–Crippen LogP) is 4.81. The van der Waals surface area contributed by atoms with Crippen molar-refractivity contribution in [3.63, 3.8) is 0 Å². The number of carbonyl (C=O) groups excluding carboxylic acids is 2. The van der Waals surface area contributed by atoms with Crippen molar-refractivity contribution in [3.05, 3.63) is 96.3 Å². The van der Waals surface area contributed by atoms with Crippen LogP contribution in [-0.4, -0.2) is 56.3 Å². The molecule has 8 nitrogen and oxygen atoms in total. The highest BCUT2D eigenvalue weighted by Gasteiger charge is 2.22. The van der Waals surface area contributed by atoms with Gasteiger partial charge in [0.2, 0.25) is 5.91 Å². The van der Waals surface area contributed by atoms with E-state index in [1.54, 1.807) is 18.6 Å². The summed E-state index contributed by atoms with van der Waals surface area (Å²) in [6.07, 6.45) is 7.30. The Morgan fingerprint density at radius 1 is 1.05 bits per heavy atom. The number of hydrogen-bond donors (Lipinski definition) is 2. The second kappa shape index (κ2) is 12.2. The zero-order chi connectivity index (χ0) is 27.2. The third-order valence-corrected chi connectivity index (χ3v) is 6.99. The third kappa shape index (κ3) is 6.90. The number of imidazole rings is 1. The molecule has 200 valence electrons. The second-order valence-electron chi connectivity index (χ2n) is 9.84. The minimum atomic E-state index is -0.278. The Kier molecular flexibility index (Phi) is 8.34. The van der Waals surface area contributed by atoms with Gasteiger partial charge in [0.25, 0.3) is 5.91 Å². The molecule has 0 unspecified atom stereocenters. The Morgan fingerprint density at radius 2 is 1.90 bits per heavy atom. The number of aromatic nitrogens is 3. The number of pyridine rings is 1. The lowest BCUT2D eigenvalue weighted by Gasteiger charge is -2.33. The number of carbonyl (C=O) groups is 2. The van der Waals surface area contributed by atoms with Crippen LogP contribution in [0.3, 0.4) is 0 Å². The van der Waals surface area contributed by atoms with Crippen molar-refractivity contribution in [2.45, 2.75) is 32.4 Å². The van der Waals surface area contributed by atoms with Crippen molar-refractivity contribution in [2.24, 2.45) is 0 Å². The molecule has 39 heavy (non-hydrogen) atoms. The molecule has 0 bridgehead atoms. The van der Waals surface area contributed by atoms with E-state index in [0.29, 0.717) is 17.9 Å². The van der Waals surface area contributed by atoms with Gasteiger partial charge in [0.1, 0.15) is 11.6 Å². The van der Waals surface area contributed by atoms with Gasteiger partial charge in [-0.1, -0.05) is 30.3 Å². The molecule has 1 aliphatic rings. The van der Waals surface area contributed by atoms with Crippen molar-refractivity contribution in [3.8, 4) is 16.8 Å². The number of rotatable bonds is 8. The molecule has 1 atom stereocenters. The van der Waals surface area contributed by atoms with Crippen LogP contribution in [0.2, 0.25) is 0 Å². The maximum Gasteiger partial charge on any atom is 0.274 e. The predicted molar refractivity (Wildman–Crippen MR) is 153 cm³/mol. The van der Waals surface area contributed by atoms with Crippen molar-refractivity contribution in [2.75, 3.05) is 24.3 Å². The van der Waals surface area contributed by atoms with E-state index in [-0.39, 0.29) is 23.7 Å².